The first kappa shape index (κ1) is 24.7. The lowest BCUT2D eigenvalue weighted by Gasteiger charge is -2.19. The molecule has 0 aliphatic rings. The van der Waals surface area contributed by atoms with E-state index in [1.165, 1.54) is 18.4 Å². The monoisotopic (exact) mass is 503 g/mol. The Balaban J connectivity index is 1.48. The van der Waals surface area contributed by atoms with Gasteiger partial charge in [-0.2, -0.15) is 0 Å². The smallest absolute Gasteiger partial charge is 0.320 e. The summed E-state index contributed by atoms with van der Waals surface area (Å²) in [5.74, 6) is 0.605. The van der Waals surface area contributed by atoms with Crippen molar-refractivity contribution in [3.05, 3.63) is 84.4 Å². The number of rotatable bonds is 9. The van der Waals surface area contributed by atoms with Crippen LogP contribution in [-0.2, 0) is 11.2 Å². The quantitative estimate of drug-likeness (QED) is 0.308. The van der Waals surface area contributed by atoms with E-state index < -0.39 is 18.0 Å². The Morgan fingerprint density at radius 3 is 2.31 bits per heavy atom. The molecule has 3 N–H and O–H groups in total. The number of ether oxygens (including phenoxy) is 2. The van der Waals surface area contributed by atoms with E-state index in [4.69, 9.17) is 9.47 Å². The second kappa shape index (κ2) is 11.8. The molecule has 0 spiro atoms. The van der Waals surface area contributed by atoms with Crippen LogP contribution in [0.15, 0.2) is 78.9 Å². The summed E-state index contributed by atoms with van der Waals surface area (Å²) < 4.78 is 10.5. The minimum atomic E-state index is -0.874. The van der Waals surface area contributed by atoms with Gasteiger partial charge in [-0.15, -0.1) is 10.2 Å². The zero-order chi connectivity index (χ0) is 25.3. The fourth-order valence-corrected chi connectivity index (χ4v) is 4.19. The molecular formula is C26H25N5O4S. The highest BCUT2D eigenvalue weighted by Gasteiger charge is 2.23. The fraction of sp³-hybridized carbons (Fsp3) is 0.154. The van der Waals surface area contributed by atoms with Crippen LogP contribution in [0.5, 0.6) is 11.5 Å². The molecule has 0 aliphatic heterocycles. The third kappa shape index (κ3) is 6.36. The van der Waals surface area contributed by atoms with E-state index in [1.54, 1.807) is 25.3 Å². The van der Waals surface area contributed by atoms with Crippen LogP contribution in [0.2, 0.25) is 0 Å². The molecule has 4 rings (SSSR count). The van der Waals surface area contributed by atoms with Crippen molar-refractivity contribution in [2.24, 2.45) is 0 Å². The van der Waals surface area contributed by atoms with Crippen molar-refractivity contribution in [1.82, 2.24) is 15.5 Å². The molecule has 1 unspecified atom stereocenters. The number of aromatic nitrogens is 2. The number of hydrogen-bond acceptors (Lipinski definition) is 7. The molecule has 0 fully saturated rings. The third-order valence-corrected chi connectivity index (χ3v) is 6.12. The van der Waals surface area contributed by atoms with Crippen molar-refractivity contribution in [1.29, 1.82) is 0 Å². The molecule has 1 atom stereocenters. The Bertz CT molecular complexity index is 1310. The fourth-order valence-electron chi connectivity index (χ4n) is 3.44. The molecule has 0 saturated heterocycles. The van der Waals surface area contributed by atoms with Crippen LogP contribution in [-0.4, -0.2) is 42.4 Å². The number of carbonyl (C=O) groups excluding carboxylic acids is 2. The maximum atomic E-state index is 13.2. The van der Waals surface area contributed by atoms with Gasteiger partial charge in [0.1, 0.15) is 22.5 Å². The Hall–Kier alpha value is -4.44. The van der Waals surface area contributed by atoms with Crippen LogP contribution in [0, 0.1) is 0 Å². The van der Waals surface area contributed by atoms with E-state index in [-0.39, 0.29) is 6.42 Å². The molecule has 1 heterocycles. The largest absolute Gasteiger partial charge is 0.497 e. The molecule has 0 bridgehead atoms. The molecule has 4 aromatic rings. The van der Waals surface area contributed by atoms with Crippen molar-refractivity contribution in [2.45, 2.75) is 12.5 Å². The minimum Gasteiger partial charge on any atom is -0.497 e. The van der Waals surface area contributed by atoms with E-state index in [9.17, 15) is 9.59 Å². The lowest BCUT2D eigenvalue weighted by molar-refractivity contribution is -0.117. The van der Waals surface area contributed by atoms with Crippen molar-refractivity contribution in [3.63, 3.8) is 0 Å². The molecule has 0 aliphatic carbocycles. The summed E-state index contributed by atoms with van der Waals surface area (Å²) in [6, 6.07) is 22.6. The third-order valence-electron chi connectivity index (χ3n) is 5.24. The zero-order valence-corrected chi connectivity index (χ0v) is 20.5. The molecule has 9 nitrogen and oxygen atoms in total. The van der Waals surface area contributed by atoms with Gasteiger partial charge in [0.25, 0.3) is 0 Å². The van der Waals surface area contributed by atoms with E-state index in [2.05, 4.69) is 26.1 Å². The minimum absolute atomic E-state index is 0.282. The lowest BCUT2D eigenvalue weighted by Crippen LogP contribution is -2.47. The van der Waals surface area contributed by atoms with E-state index in [1.807, 2.05) is 60.7 Å². The summed E-state index contributed by atoms with van der Waals surface area (Å²) in [5, 5.41) is 17.6. The summed E-state index contributed by atoms with van der Waals surface area (Å²) in [5.41, 5.74) is 2.23. The SMILES string of the molecule is COc1ccc(NC(=O)NC(Cc2ccccc2)C(=O)Nc2nnc(-c3ccccc3)s2)c(OC)c1. The van der Waals surface area contributed by atoms with Crippen LogP contribution in [0.3, 0.4) is 0 Å². The van der Waals surface area contributed by atoms with Gasteiger partial charge in [-0.25, -0.2) is 4.79 Å². The van der Waals surface area contributed by atoms with Gasteiger partial charge in [0.15, 0.2) is 0 Å². The summed E-state index contributed by atoms with van der Waals surface area (Å²) >= 11 is 1.26. The number of methoxy groups -OCH3 is 2. The van der Waals surface area contributed by atoms with Crippen LogP contribution in [0.25, 0.3) is 10.6 Å². The molecule has 0 radical (unpaired) electrons. The van der Waals surface area contributed by atoms with E-state index >= 15 is 0 Å². The molecule has 36 heavy (non-hydrogen) atoms. The second-order valence-corrected chi connectivity index (χ2v) is 8.65. The summed E-state index contributed by atoms with van der Waals surface area (Å²) in [6.45, 7) is 0. The van der Waals surface area contributed by atoms with E-state index in [0.717, 1.165) is 11.1 Å². The first-order valence-electron chi connectivity index (χ1n) is 11.1. The van der Waals surface area contributed by atoms with Gasteiger partial charge in [0, 0.05) is 18.1 Å². The zero-order valence-electron chi connectivity index (χ0n) is 19.7. The lowest BCUT2D eigenvalue weighted by atomic mass is 10.1. The number of nitrogens with one attached hydrogen (secondary N) is 3. The van der Waals surface area contributed by atoms with Gasteiger partial charge in [-0.1, -0.05) is 72.0 Å². The average molecular weight is 504 g/mol. The Morgan fingerprint density at radius 1 is 0.889 bits per heavy atom. The highest BCUT2D eigenvalue weighted by Crippen LogP contribution is 2.29. The van der Waals surface area contributed by atoms with Crippen molar-refractivity contribution < 1.29 is 19.1 Å². The van der Waals surface area contributed by atoms with Crippen molar-refractivity contribution in [2.75, 3.05) is 24.9 Å². The Kier molecular flexibility index (Phi) is 8.09. The summed E-state index contributed by atoms with van der Waals surface area (Å²) in [4.78, 5) is 26.1. The molecule has 184 valence electrons. The number of hydrogen-bond donors (Lipinski definition) is 3. The number of carbonyl (C=O) groups is 2. The number of benzene rings is 3. The molecule has 0 saturated carbocycles. The van der Waals surface area contributed by atoms with Crippen LogP contribution >= 0.6 is 11.3 Å². The van der Waals surface area contributed by atoms with Gasteiger partial charge in [0.2, 0.25) is 11.0 Å². The van der Waals surface area contributed by atoms with Crippen LogP contribution in [0.1, 0.15) is 5.56 Å². The predicted octanol–water partition coefficient (Wildman–Crippen LogP) is 4.59. The number of urea groups is 1. The molecule has 3 amide bonds. The Labute approximate surface area is 212 Å². The Morgan fingerprint density at radius 2 is 1.61 bits per heavy atom. The first-order valence-corrected chi connectivity index (χ1v) is 11.9. The van der Waals surface area contributed by atoms with Gasteiger partial charge in [0.05, 0.1) is 19.9 Å². The maximum absolute atomic E-state index is 13.2. The second-order valence-electron chi connectivity index (χ2n) is 7.67. The van der Waals surface area contributed by atoms with Gasteiger partial charge < -0.3 is 20.1 Å². The molecule has 1 aromatic heterocycles. The average Bonchev–Trinajstić information content (AvgIpc) is 3.38. The van der Waals surface area contributed by atoms with E-state index in [0.29, 0.717) is 27.3 Å². The standard InChI is InChI=1S/C26H25N5O4S/c1-34-19-13-14-20(22(16-19)35-2)27-25(33)28-21(15-17-9-5-3-6-10-17)23(32)29-26-31-30-24(36-26)18-11-7-4-8-12-18/h3-14,16,21H,15H2,1-2H3,(H2,27,28,33)(H,29,31,32). The summed E-state index contributed by atoms with van der Waals surface area (Å²) in [7, 11) is 3.04. The van der Waals surface area contributed by atoms with Gasteiger partial charge >= 0.3 is 6.03 Å². The molecular weight excluding hydrogens is 478 g/mol. The number of nitrogens with zero attached hydrogens (tertiary/aromatic N) is 2. The van der Waals surface area contributed by atoms with Gasteiger partial charge in [-0.05, 0) is 17.7 Å². The summed E-state index contributed by atoms with van der Waals surface area (Å²) in [6.07, 6.45) is 0.282. The maximum Gasteiger partial charge on any atom is 0.320 e. The number of amides is 3. The normalized spacial score (nSPS) is 11.3. The predicted molar refractivity (Wildman–Crippen MR) is 140 cm³/mol. The highest BCUT2D eigenvalue weighted by atomic mass is 32.1. The van der Waals surface area contributed by atoms with Crippen LogP contribution < -0.4 is 25.4 Å². The molecule has 10 heteroatoms. The van der Waals surface area contributed by atoms with Crippen molar-refractivity contribution in [3.8, 4) is 22.1 Å². The first-order chi connectivity index (χ1) is 17.6. The molecule has 3 aromatic carbocycles. The topological polar surface area (TPSA) is 114 Å². The highest BCUT2D eigenvalue weighted by molar-refractivity contribution is 7.18. The van der Waals surface area contributed by atoms with Gasteiger partial charge in [-0.3, -0.25) is 10.1 Å². The van der Waals surface area contributed by atoms with Crippen molar-refractivity contribution >= 4 is 34.1 Å². The van der Waals surface area contributed by atoms with Crippen LogP contribution in [0.4, 0.5) is 15.6 Å². The number of anilines is 2.